The molecule has 2 atom stereocenters. The molecule has 0 aromatic rings. The number of thioether (sulfide) groups is 1. The van der Waals surface area contributed by atoms with Crippen LogP contribution in [0, 0.1) is 0 Å². The molecule has 1 rings (SSSR count). The highest BCUT2D eigenvalue weighted by Crippen LogP contribution is 2.13. The minimum Gasteiger partial charge on any atom is -0.368 e. The molecule has 0 bridgehead atoms. The van der Waals surface area contributed by atoms with E-state index in [0.717, 1.165) is 12.3 Å². The quantitative estimate of drug-likeness (QED) is 0.547. The van der Waals surface area contributed by atoms with Crippen molar-refractivity contribution in [1.82, 2.24) is 10.6 Å². The lowest BCUT2D eigenvalue weighted by Crippen LogP contribution is -2.49. The lowest BCUT2D eigenvalue weighted by molar-refractivity contribution is -0.126. The number of rotatable bonds is 3. The van der Waals surface area contributed by atoms with Crippen molar-refractivity contribution in [3.63, 3.8) is 0 Å². The molecule has 1 fully saturated rings. The van der Waals surface area contributed by atoms with Crippen LogP contribution in [-0.4, -0.2) is 41.9 Å². The fraction of sp³-hybridized carbons (Fsp3) is 0.750. The SMILES string of the molecule is CC(NC(=O)C1CNCCS1)C(N)=O. The van der Waals surface area contributed by atoms with Gasteiger partial charge in [-0.2, -0.15) is 0 Å². The van der Waals surface area contributed by atoms with E-state index in [1.165, 1.54) is 0 Å². The first-order valence-corrected chi connectivity index (χ1v) is 5.58. The Morgan fingerprint density at radius 2 is 2.36 bits per heavy atom. The summed E-state index contributed by atoms with van der Waals surface area (Å²) in [4.78, 5) is 22.2. The molecule has 1 aliphatic rings. The number of primary amides is 1. The van der Waals surface area contributed by atoms with Crippen LogP contribution in [0.25, 0.3) is 0 Å². The molecule has 5 nitrogen and oxygen atoms in total. The Balaban J connectivity index is 2.36. The van der Waals surface area contributed by atoms with Crippen LogP contribution in [0.5, 0.6) is 0 Å². The predicted octanol–water partition coefficient (Wildman–Crippen LogP) is -1.32. The van der Waals surface area contributed by atoms with Crippen LogP contribution in [0.2, 0.25) is 0 Å². The van der Waals surface area contributed by atoms with Gasteiger partial charge < -0.3 is 16.4 Å². The minimum absolute atomic E-state index is 0.106. The number of amides is 2. The monoisotopic (exact) mass is 217 g/mol. The number of nitrogens with two attached hydrogens (primary N) is 1. The lowest BCUT2D eigenvalue weighted by atomic mass is 10.3. The third kappa shape index (κ3) is 3.19. The van der Waals surface area contributed by atoms with Gasteiger partial charge >= 0.3 is 0 Å². The molecule has 2 unspecified atom stereocenters. The summed E-state index contributed by atoms with van der Waals surface area (Å²) >= 11 is 1.60. The smallest absolute Gasteiger partial charge is 0.239 e. The van der Waals surface area contributed by atoms with Crippen molar-refractivity contribution in [3.8, 4) is 0 Å². The Kier molecular flexibility index (Phi) is 4.21. The average molecular weight is 217 g/mol. The van der Waals surface area contributed by atoms with Crippen molar-refractivity contribution in [2.24, 2.45) is 5.73 Å². The van der Waals surface area contributed by atoms with Gasteiger partial charge in [0.25, 0.3) is 0 Å². The summed E-state index contributed by atoms with van der Waals surface area (Å²) in [5.41, 5.74) is 5.04. The molecular weight excluding hydrogens is 202 g/mol. The number of nitrogens with one attached hydrogen (secondary N) is 2. The first kappa shape index (κ1) is 11.3. The van der Waals surface area contributed by atoms with Gasteiger partial charge in [0.2, 0.25) is 11.8 Å². The van der Waals surface area contributed by atoms with Crippen LogP contribution in [0.4, 0.5) is 0 Å². The van der Waals surface area contributed by atoms with E-state index in [2.05, 4.69) is 10.6 Å². The van der Waals surface area contributed by atoms with E-state index in [1.54, 1.807) is 18.7 Å². The number of carbonyl (C=O) groups excluding carboxylic acids is 2. The number of carbonyl (C=O) groups is 2. The molecule has 1 aliphatic heterocycles. The van der Waals surface area contributed by atoms with Gasteiger partial charge in [-0.15, -0.1) is 11.8 Å². The largest absolute Gasteiger partial charge is 0.368 e. The van der Waals surface area contributed by atoms with Crippen LogP contribution >= 0.6 is 11.8 Å². The number of hydrogen-bond donors (Lipinski definition) is 3. The summed E-state index contributed by atoms with van der Waals surface area (Å²) in [7, 11) is 0. The molecule has 1 saturated heterocycles. The highest BCUT2D eigenvalue weighted by atomic mass is 32.2. The third-order valence-corrected chi connectivity index (χ3v) is 3.23. The fourth-order valence-electron chi connectivity index (χ4n) is 1.11. The van der Waals surface area contributed by atoms with Gasteiger partial charge in [0, 0.05) is 18.8 Å². The van der Waals surface area contributed by atoms with Crippen molar-refractivity contribution in [1.29, 1.82) is 0 Å². The summed E-state index contributed by atoms with van der Waals surface area (Å²) in [6.45, 7) is 3.17. The topological polar surface area (TPSA) is 84.2 Å². The zero-order valence-corrected chi connectivity index (χ0v) is 8.89. The summed E-state index contributed by atoms with van der Waals surface area (Å²) < 4.78 is 0. The van der Waals surface area contributed by atoms with E-state index in [1.807, 2.05) is 0 Å². The summed E-state index contributed by atoms with van der Waals surface area (Å²) in [6.07, 6.45) is 0. The Bertz CT molecular complexity index is 229. The molecule has 80 valence electrons. The predicted molar refractivity (Wildman–Crippen MR) is 55.9 cm³/mol. The molecule has 0 aliphatic carbocycles. The van der Waals surface area contributed by atoms with Crippen LogP contribution in [-0.2, 0) is 9.59 Å². The van der Waals surface area contributed by atoms with Crippen LogP contribution in [0.15, 0.2) is 0 Å². The van der Waals surface area contributed by atoms with Gasteiger partial charge in [0.1, 0.15) is 6.04 Å². The van der Waals surface area contributed by atoms with Gasteiger partial charge in [-0.3, -0.25) is 9.59 Å². The minimum atomic E-state index is -0.593. The normalized spacial score (nSPS) is 23.9. The first-order chi connectivity index (χ1) is 6.61. The Hall–Kier alpha value is -0.750. The second-order valence-electron chi connectivity index (χ2n) is 3.20. The van der Waals surface area contributed by atoms with Crippen LogP contribution in [0.3, 0.4) is 0 Å². The second kappa shape index (κ2) is 5.21. The maximum atomic E-state index is 11.5. The van der Waals surface area contributed by atoms with Crippen molar-refractivity contribution in [2.75, 3.05) is 18.8 Å². The van der Waals surface area contributed by atoms with E-state index in [4.69, 9.17) is 5.73 Å². The van der Waals surface area contributed by atoms with Crippen LogP contribution in [0.1, 0.15) is 6.92 Å². The van der Waals surface area contributed by atoms with Gasteiger partial charge in [-0.25, -0.2) is 0 Å². The highest BCUT2D eigenvalue weighted by Gasteiger charge is 2.23. The molecule has 6 heteroatoms. The van der Waals surface area contributed by atoms with E-state index in [9.17, 15) is 9.59 Å². The zero-order valence-electron chi connectivity index (χ0n) is 8.08. The molecule has 14 heavy (non-hydrogen) atoms. The van der Waals surface area contributed by atoms with Gasteiger partial charge in [0.05, 0.1) is 5.25 Å². The average Bonchev–Trinajstić information content (AvgIpc) is 2.19. The van der Waals surface area contributed by atoms with Crippen LogP contribution < -0.4 is 16.4 Å². The molecule has 0 radical (unpaired) electrons. The first-order valence-electron chi connectivity index (χ1n) is 4.53. The Morgan fingerprint density at radius 3 is 2.86 bits per heavy atom. The molecule has 2 amide bonds. The molecule has 0 aromatic carbocycles. The Morgan fingerprint density at radius 1 is 1.64 bits per heavy atom. The second-order valence-corrected chi connectivity index (χ2v) is 4.51. The van der Waals surface area contributed by atoms with E-state index >= 15 is 0 Å². The Labute approximate surface area is 87.2 Å². The lowest BCUT2D eigenvalue weighted by Gasteiger charge is -2.22. The maximum absolute atomic E-state index is 11.5. The van der Waals surface area contributed by atoms with Gasteiger partial charge in [0.15, 0.2) is 0 Å². The van der Waals surface area contributed by atoms with E-state index in [0.29, 0.717) is 6.54 Å². The molecule has 0 spiro atoms. The molecule has 0 saturated carbocycles. The standard InChI is InChI=1S/C8H15N3O2S/c1-5(7(9)12)11-8(13)6-4-10-2-3-14-6/h5-6,10H,2-4H2,1H3,(H2,9,12)(H,11,13). The van der Waals surface area contributed by atoms with Crippen molar-refractivity contribution >= 4 is 23.6 Å². The summed E-state index contributed by atoms with van der Waals surface area (Å²) in [5, 5.41) is 5.59. The van der Waals surface area contributed by atoms with Crippen molar-refractivity contribution in [2.45, 2.75) is 18.2 Å². The molecule has 0 aromatic heterocycles. The van der Waals surface area contributed by atoms with E-state index in [-0.39, 0.29) is 11.2 Å². The number of hydrogen-bond acceptors (Lipinski definition) is 4. The van der Waals surface area contributed by atoms with E-state index < -0.39 is 11.9 Å². The summed E-state index contributed by atoms with van der Waals surface area (Å²) in [5.74, 6) is 0.295. The highest BCUT2D eigenvalue weighted by molar-refractivity contribution is 8.00. The third-order valence-electron chi connectivity index (χ3n) is 2.01. The van der Waals surface area contributed by atoms with Crippen molar-refractivity contribution in [3.05, 3.63) is 0 Å². The molecule has 4 N–H and O–H groups in total. The maximum Gasteiger partial charge on any atom is 0.239 e. The fourth-order valence-corrected chi connectivity index (χ4v) is 2.11. The molecule has 1 heterocycles. The van der Waals surface area contributed by atoms with Crippen molar-refractivity contribution < 1.29 is 9.59 Å². The van der Waals surface area contributed by atoms with Gasteiger partial charge in [-0.05, 0) is 6.92 Å². The zero-order chi connectivity index (χ0) is 10.6. The summed E-state index contributed by atoms with van der Waals surface area (Å²) in [6, 6.07) is -0.593. The van der Waals surface area contributed by atoms with Gasteiger partial charge in [-0.1, -0.05) is 0 Å². The molecular formula is C8H15N3O2S.